The van der Waals surface area contributed by atoms with E-state index in [0.29, 0.717) is 0 Å². The van der Waals surface area contributed by atoms with Gasteiger partial charge in [0.25, 0.3) is 0 Å². The highest BCUT2D eigenvalue weighted by atomic mass is 32.1. The molecule has 1 aromatic heterocycles. The Balaban J connectivity index is 1.15. The van der Waals surface area contributed by atoms with Crippen molar-refractivity contribution in [2.24, 2.45) is 0 Å². The van der Waals surface area contributed by atoms with E-state index >= 15 is 0 Å². The minimum absolute atomic E-state index is 1.23. The summed E-state index contributed by atoms with van der Waals surface area (Å²) in [5.41, 5.74) is 7.47. The maximum atomic E-state index is 2.38. The summed E-state index contributed by atoms with van der Waals surface area (Å²) in [6.45, 7) is 0. The van der Waals surface area contributed by atoms with Crippen molar-refractivity contribution in [3.05, 3.63) is 158 Å². The lowest BCUT2D eigenvalue weighted by molar-refractivity contribution is 1.62. The first-order valence-corrected chi connectivity index (χ1v) is 15.6. The Labute approximate surface area is 254 Å². The molecule has 0 aliphatic heterocycles. The first kappa shape index (κ1) is 24.4. The Hall–Kier alpha value is -5.24. The maximum absolute atomic E-state index is 2.38. The van der Waals surface area contributed by atoms with Crippen molar-refractivity contribution in [3.63, 3.8) is 0 Å². The molecule has 9 aromatic rings. The average Bonchev–Trinajstić information content (AvgIpc) is 3.46. The molecule has 0 amide bonds. The summed E-state index contributed by atoms with van der Waals surface area (Å²) in [6, 6.07) is 58.0. The molecule has 0 saturated carbocycles. The molecule has 0 saturated heterocycles. The smallest absolute Gasteiger partial charge is 0.0361 e. The predicted molar refractivity (Wildman–Crippen MR) is 188 cm³/mol. The minimum Gasteiger partial charge on any atom is -0.135 e. The summed E-state index contributed by atoms with van der Waals surface area (Å²) in [7, 11) is 0. The van der Waals surface area contributed by atoms with Gasteiger partial charge in [0.05, 0.1) is 0 Å². The number of rotatable bonds is 3. The highest BCUT2D eigenvalue weighted by Crippen LogP contribution is 2.40. The zero-order valence-electron chi connectivity index (χ0n) is 23.4. The van der Waals surface area contributed by atoms with Gasteiger partial charge in [0.15, 0.2) is 0 Å². The van der Waals surface area contributed by atoms with Gasteiger partial charge in [-0.2, -0.15) is 0 Å². The van der Waals surface area contributed by atoms with Gasteiger partial charge in [-0.15, -0.1) is 11.3 Å². The second kappa shape index (κ2) is 9.66. The van der Waals surface area contributed by atoms with Crippen molar-refractivity contribution in [1.29, 1.82) is 0 Å². The molecule has 0 bridgehead atoms. The van der Waals surface area contributed by atoms with Crippen LogP contribution >= 0.6 is 11.3 Å². The second-order valence-electron chi connectivity index (χ2n) is 11.3. The Morgan fingerprint density at radius 2 is 0.628 bits per heavy atom. The molecule has 0 atom stereocenters. The van der Waals surface area contributed by atoms with Crippen LogP contribution in [0.3, 0.4) is 0 Å². The third-order valence-corrected chi connectivity index (χ3v) is 10.0. The van der Waals surface area contributed by atoms with E-state index in [1.165, 1.54) is 85.9 Å². The van der Waals surface area contributed by atoms with Gasteiger partial charge in [-0.3, -0.25) is 0 Å². The lowest BCUT2D eigenvalue weighted by Crippen LogP contribution is -1.87. The Morgan fingerprint density at radius 3 is 1.28 bits per heavy atom. The molecule has 0 radical (unpaired) electrons. The van der Waals surface area contributed by atoms with Crippen LogP contribution in [-0.4, -0.2) is 0 Å². The summed E-state index contributed by atoms with van der Waals surface area (Å²) in [5, 5.41) is 10.5. The lowest BCUT2D eigenvalue weighted by Gasteiger charge is -2.14. The van der Waals surface area contributed by atoms with Crippen LogP contribution in [-0.2, 0) is 0 Å². The molecule has 0 fully saturated rings. The van der Waals surface area contributed by atoms with Crippen LogP contribution in [0.1, 0.15) is 0 Å². The van der Waals surface area contributed by atoms with Crippen LogP contribution in [0, 0.1) is 0 Å². The van der Waals surface area contributed by atoms with E-state index in [1.54, 1.807) is 0 Å². The molecule has 0 nitrogen and oxygen atoms in total. The van der Waals surface area contributed by atoms with Crippen molar-refractivity contribution in [2.45, 2.75) is 0 Å². The average molecular weight is 563 g/mol. The van der Waals surface area contributed by atoms with Crippen LogP contribution in [0.2, 0.25) is 0 Å². The van der Waals surface area contributed by atoms with Crippen molar-refractivity contribution in [2.75, 3.05) is 0 Å². The molecule has 0 spiro atoms. The zero-order chi connectivity index (χ0) is 28.3. The van der Waals surface area contributed by atoms with Gasteiger partial charge in [0, 0.05) is 20.2 Å². The van der Waals surface area contributed by atoms with E-state index in [-0.39, 0.29) is 0 Å². The van der Waals surface area contributed by atoms with E-state index in [2.05, 4.69) is 158 Å². The number of thiophene rings is 1. The van der Waals surface area contributed by atoms with Crippen LogP contribution in [0.5, 0.6) is 0 Å². The third kappa shape index (κ3) is 3.97. The fourth-order valence-corrected chi connectivity index (χ4v) is 7.85. The maximum Gasteiger partial charge on any atom is 0.0361 e. The number of fused-ring (bicyclic) bond motifs is 9. The summed E-state index contributed by atoms with van der Waals surface area (Å²) in [5.74, 6) is 0. The van der Waals surface area contributed by atoms with Gasteiger partial charge < -0.3 is 0 Å². The number of hydrogen-bond acceptors (Lipinski definition) is 1. The summed E-state index contributed by atoms with van der Waals surface area (Å²) in [6.07, 6.45) is 0. The summed E-state index contributed by atoms with van der Waals surface area (Å²) >= 11 is 1.87. The monoisotopic (exact) mass is 562 g/mol. The summed E-state index contributed by atoms with van der Waals surface area (Å²) < 4.78 is 2.68. The molecule has 0 N–H and O–H groups in total. The van der Waals surface area contributed by atoms with E-state index in [1.807, 2.05) is 11.3 Å². The van der Waals surface area contributed by atoms with Crippen molar-refractivity contribution < 1.29 is 0 Å². The van der Waals surface area contributed by atoms with Gasteiger partial charge in [0.1, 0.15) is 0 Å². The first-order valence-electron chi connectivity index (χ1n) is 14.8. The largest absolute Gasteiger partial charge is 0.135 e. The highest BCUT2D eigenvalue weighted by Gasteiger charge is 2.12. The topological polar surface area (TPSA) is 0 Å². The molecular weight excluding hydrogens is 537 g/mol. The molecule has 1 heterocycles. The SMILES string of the molecule is c1ccc(-c2ccc3c(c2)c2ccccc2c2ccc(-c4ccc(-c5ccc6c(c5)sc5ccccc56)cc4)cc23)cc1. The Bertz CT molecular complexity index is 2480. The third-order valence-electron chi connectivity index (χ3n) is 8.87. The molecule has 1 heteroatoms. The number of benzene rings is 8. The molecule has 0 unspecified atom stereocenters. The standard InChI is InChI=1S/C42H26S/c1-2-8-27(9-3-1)30-19-22-36-39(24-30)34-11-5-4-10-33(34)35-21-18-31(25-40(35)36)28-14-16-29(17-15-28)32-20-23-38-37-12-6-7-13-41(37)43-42(38)26-32/h1-26H. The number of hydrogen-bond donors (Lipinski definition) is 0. The quantitative estimate of drug-likeness (QED) is 0.188. The van der Waals surface area contributed by atoms with Gasteiger partial charge in [-0.1, -0.05) is 133 Å². The Morgan fingerprint density at radius 1 is 0.233 bits per heavy atom. The fraction of sp³-hybridized carbons (Fsp3) is 0. The van der Waals surface area contributed by atoms with Gasteiger partial charge in [-0.05, 0) is 90.0 Å². The fourth-order valence-electron chi connectivity index (χ4n) is 6.71. The second-order valence-corrected chi connectivity index (χ2v) is 12.4. The zero-order valence-corrected chi connectivity index (χ0v) is 24.2. The van der Waals surface area contributed by atoms with Crippen molar-refractivity contribution in [1.82, 2.24) is 0 Å². The molecular formula is C42H26S. The molecule has 9 rings (SSSR count). The predicted octanol–water partition coefficient (Wildman–Crippen LogP) is 12.5. The van der Waals surface area contributed by atoms with Gasteiger partial charge >= 0.3 is 0 Å². The molecule has 43 heavy (non-hydrogen) atoms. The molecule has 0 aliphatic carbocycles. The first-order chi connectivity index (χ1) is 21.3. The summed E-state index contributed by atoms with van der Waals surface area (Å²) in [4.78, 5) is 0. The van der Waals surface area contributed by atoms with Crippen LogP contribution in [0.4, 0.5) is 0 Å². The molecule has 200 valence electrons. The van der Waals surface area contributed by atoms with E-state index in [0.717, 1.165) is 0 Å². The highest BCUT2D eigenvalue weighted by molar-refractivity contribution is 7.25. The lowest BCUT2D eigenvalue weighted by atomic mass is 9.90. The van der Waals surface area contributed by atoms with Gasteiger partial charge in [-0.25, -0.2) is 0 Å². The van der Waals surface area contributed by atoms with Crippen LogP contribution in [0.15, 0.2) is 158 Å². The normalized spacial score (nSPS) is 11.7. The van der Waals surface area contributed by atoms with Crippen molar-refractivity contribution in [3.8, 4) is 33.4 Å². The molecule has 0 aliphatic rings. The van der Waals surface area contributed by atoms with E-state index in [9.17, 15) is 0 Å². The Kier molecular flexibility index (Phi) is 5.47. The molecule has 8 aromatic carbocycles. The van der Waals surface area contributed by atoms with Crippen LogP contribution < -0.4 is 0 Å². The van der Waals surface area contributed by atoms with Crippen LogP contribution in [0.25, 0.3) is 85.9 Å². The van der Waals surface area contributed by atoms with Crippen molar-refractivity contribution >= 4 is 63.8 Å². The van der Waals surface area contributed by atoms with E-state index < -0.39 is 0 Å². The van der Waals surface area contributed by atoms with Gasteiger partial charge in [0.2, 0.25) is 0 Å². The van der Waals surface area contributed by atoms with E-state index in [4.69, 9.17) is 0 Å². The minimum atomic E-state index is 1.23.